The Balaban J connectivity index is 1.56. The van der Waals surface area contributed by atoms with Crippen molar-refractivity contribution in [1.82, 2.24) is 24.7 Å². The maximum Gasteiger partial charge on any atom is 0.237 e. The van der Waals surface area contributed by atoms with E-state index < -0.39 is 0 Å². The number of anilines is 1. The molecule has 1 aromatic carbocycles. The number of amides is 1. The maximum absolute atomic E-state index is 12.7. The van der Waals surface area contributed by atoms with Crippen LogP contribution in [0.2, 0.25) is 0 Å². The topological polar surface area (TPSA) is 85.6 Å². The van der Waals surface area contributed by atoms with Gasteiger partial charge in [-0.1, -0.05) is 17.8 Å². The first-order valence-electron chi connectivity index (χ1n) is 8.07. The molecule has 0 saturated carbocycles. The first-order chi connectivity index (χ1) is 12.6. The van der Waals surface area contributed by atoms with Crippen LogP contribution >= 0.6 is 11.8 Å². The third-order valence-electron chi connectivity index (χ3n) is 4.05. The SMILES string of the molecule is CC(Sc1ncnc2c1cnn2C)C(=O)Nc1cccc2ncccc12. The van der Waals surface area contributed by atoms with Crippen LogP contribution in [0.4, 0.5) is 5.69 Å². The van der Waals surface area contributed by atoms with Crippen LogP contribution < -0.4 is 5.32 Å². The number of nitrogens with one attached hydrogen (secondary N) is 1. The Morgan fingerprint density at radius 2 is 2.04 bits per heavy atom. The van der Waals surface area contributed by atoms with Crippen LogP contribution in [0.5, 0.6) is 0 Å². The number of benzene rings is 1. The van der Waals surface area contributed by atoms with Crippen LogP contribution in [0.15, 0.2) is 54.1 Å². The monoisotopic (exact) mass is 364 g/mol. The zero-order valence-corrected chi connectivity index (χ0v) is 15.1. The van der Waals surface area contributed by atoms with Crippen molar-refractivity contribution in [3.8, 4) is 0 Å². The summed E-state index contributed by atoms with van der Waals surface area (Å²) in [4.78, 5) is 25.5. The van der Waals surface area contributed by atoms with E-state index in [1.807, 2.05) is 44.3 Å². The van der Waals surface area contributed by atoms with E-state index in [4.69, 9.17) is 0 Å². The minimum Gasteiger partial charge on any atom is -0.324 e. The summed E-state index contributed by atoms with van der Waals surface area (Å²) >= 11 is 1.39. The third kappa shape index (κ3) is 2.99. The highest BCUT2D eigenvalue weighted by Gasteiger charge is 2.19. The fourth-order valence-electron chi connectivity index (χ4n) is 2.70. The highest BCUT2D eigenvalue weighted by atomic mass is 32.2. The van der Waals surface area contributed by atoms with Crippen LogP contribution in [0.3, 0.4) is 0 Å². The fraction of sp³-hybridized carbons (Fsp3) is 0.167. The van der Waals surface area contributed by atoms with E-state index in [0.29, 0.717) is 0 Å². The van der Waals surface area contributed by atoms with Gasteiger partial charge in [0.25, 0.3) is 0 Å². The lowest BCUT2D eigenvalue weighted by atomic mass is 10.2. The first-order valence-corrected chi connectivity index (χ1v) is 8.95. The number of rotatable bonds is 4. The molecule has 8 heteroatoms. The molecular formula is C18H16N6OS. The van der Waals surface area contributed by atoms with E-state index in [9.17, 15) is 4.79 Å². The lowest BCUT2D eigenvalue weighted by Crippen LogP contribution is -2.22. The summed E-state index contributed by atoms with van der Waals surface area (Å²) in [7, 11) is 1.83. The Labute approximate surface area is 153 Å². The summed E-state index contributed by atoms with van der Waals surface area (Å²) < 4.78 is 1.69. The second-order valence-corrected chi connectivity index (χ2v) is 7.14. The Hall–Kier alpha value is -3.00. The van der Waals surface area contributed by atoms with Gasteiger partial charge >= 0.3 is 0 Å². The van der Waals surface area contributed by atoms with Gasteiger partial charge in [0.2, 0.25) is 5.91 Å². The highest BCUT2D eigenvalue weighted by Crippen LogP contribution is 2.29. The van der Waals surface area contributed by atoms with Crippen molar-refractivity contribution in [2.75, 3.05) is 5.32 Å². The number of hydrogen-bond donors (Lipinski definition) is 1. The van der Waals surface area contributed by atoms with Crippen molar-refractivity contribution in [2.45, 2.75) is 17.2 Å². The van der Waals surface area contributed by atoms with Crippen LogP contribution in [0.25, 0.3) is 21.9 Å². The zero-order chi connectivity index (χ0) is 18.1. The number of thioether (sulfide) groups is 1. The number of aromatic nitrogens is 5. The normalized spacial score (nSPS) is 12.4. The van der Waals surface area contributed by atoms with Gasteiger partial charge in [0, 0.05) is 18.6 Å². The van der Waals surface area contributed by atoms with Gasteiger partial charge in [0.15, 0.2) is 5.65 Å². The molecular weight excluding hydrogens is 348 g/mol. The predicted octanol–water partition coefficient (Wildman–Crippen LogP) is 3.03. The van der Waals surface area contributed by atoms with E-state index in [1.165, 1.54) is 18.1 Å². The van der Waals surface area contributed by atoms with Gasteiger partial charge in [0.05, 0.1) is 28.0 Å². The van der Waals surface area contributed by atoms with Gasteiger partial charge in [0.1, 0.15) is 11.4 Å². The molecule has 0 bridgehead atoms. The average Bonchev–Trinajstić information content (AvgIpc) is 3.04. The largest absolute Gasteiger partial charge is 0.324 e. The summed E-state index contributed by atoms with van der Waals surface area (Å²) in [6.07, 6.45) is 4.95. The Morgan fingerprint density at radius 1 is 1.15 bits per heavy atom. The quantitative estimate of drug-likeness (QED) is 0.442. The summed E-state index contributed by atoms with van der Waals surface area (Å²) in [6.45, 7) is 1.85. The van der Waals surface area contributed by atoms with Crippen molar-refractivity contribution >= 4 is 45.3 Å². The molecule has 4 aromatic rings. The van der Waals surface area contributed by atoms with E-state index in [-0.39, 0.29) is 11.2 Å². The molecule has 4 rings (SSSR count). The van der Waals surface area contributed by atoms with Crippen molar-refractivity contribution < 1.29 is 4.79 Å². The van der Waals surface area contributed by atoms with Gasteiger partial charge in [-0.15, -0.1) is 0 Å². The minimum absolute atomic E-state index is 0.0954. The molecule has 3 heterocycles. The molecule has 0 radical (unpaired) electrons. The van der Waals surface area contributed by atoms with Crippen molar-refractivity contribution in [3.63, 3.8) is 0 Å². The van der Waals surface area contributed by atoms with Crippen LogP contribution in [-0.4, -0.2) is 35.9 Å². The van der Waals surface area contributed by atoms with Crippen LogP contribution in [0, 0.1) is 0 Å². The second kappa shape index (κ2) is 6.72. The first kappa shape index (κ1) is 16.5. The molecule has 1 unspecified atom stereocenters. The molecule has 26 heavy (non-hydrogen) atoms. The summed E-state index contributed by atoms with van der Waals surface area (Å²) in [5.41, 5.74) is 2.34. The van der Waals surface area contributed by atoms with Crippen LogP contribution in [-0.2, 0) is 11.8 Å². The minimum atomic E-state index is -0.333. The van der Waals surface area contributed by atoms with E-state index in [0.717, 1.165) is 32.6 Å². The van der Waals surface area contributed by atoms with Gasteiger partial charge in [-0.25, -0.2) is 9.97 Å². The lowest BCUT2D eigenvalue weighted by Gasteiger charge is -2.13. The summed E-state index contributed by atoms with van der Waals surface area (Å²) in [5.74, 6) is -0.0954. The maximum atomic E-state index is 12.7. The number of hydrogen-bond acceptors (Lipinski definition) is 6. The molecule has 0 fully saturated rings. The summed E-state index contributed by atoms with van der Waals surface area (Å²) in [6, 6.07) is 9.48. The van der Waals surface area contributed by atoms with E-state index in [1.54, 1.807) is 17.1 Å². The van der Waals surface area contributed by atoms with Crippen LogP contribution in [0.1, 0.15) is 6.92 Å². The number of carbonyl (C=O) groups is 1. The van der Waals surface area contributed by atoms with E-state index >= 15 is 0 Å². The lowest BCUT2D eigenvalue weighted by molar-refractivity contribution is -0.115. The smallest absolute Gasteiger partial charge is 0.237 e. The Kier molecular flexibility index (Phi) is 4.26. The van der Waals surface area contributed by atoms with E-state index in [2.05, 4.69) is 25.4 Å². The molecule has 1 N–H and O–H groups in total. The molecule has 130 valence electrons. The molecule has 0 aliphatic rings. The van der Waals surface area contributed by atoms with Gasteiger partial charge in [-0.3, -0.25) is 14.5 Å². The second-order valence-electron chi connectivity index (χ2n) is 5.81. The standard InChI is InChI=1S/C18H16N6OS/c1-11(26-18-13-9-22-24(2)16(13)20-10-21-18)17(25)23-15-7-3-6-14-12(15)5-4-8-19-14/h3-11H,1-2H3,(H,23,25). The van der Waals surface area contributed by atoms with Crippen molar-refractivity contribution in [3.05, 3.63) is 49.1 Å². The zero-order valence-electron chi connectivity index (χ0n) is 14.2. The van der Waals surface area contributed by atoms with Gasteiger partial charge in [-0.05, 0) is 31.2 Å². The molecule has 1 atom stereocenters. The number of fused-ring (bicyclic) bond motifs is 2. The molecule has 0 aliphatic heterocycles. The number of nitrogens with zero attached hydrogens (tertiary/aromatic N) is 5. The average molecular weight is 364 g/mol. The Bertz CT molecular complexity index is 1100. The van der Waals surface area contributed by atoms with Gasteiger partial charge < -0.3 is 5.32 Å². The fourth-order valence-corrected chi connectivity index (χ4v) is 3.58. The molecule has 0 spiro atoms. The molecule has 7 nitrogen and oxygen atoms in total. The van der Waals surface area contributed by atoms with Gasteiger partial charge in [-0.2, -0.15) is 5.10 Å². The van der Waals surface area contributed by atoms with Crippen molar-refractivity contribution in [2.24, 2.45) is 7.05 Å². The number of carbonyl (C=O) groups excluding carboxylic acids is 1. The number of pyridine rings is 1. The molecule has 0 saturated heterocycles. The summed E-state index contributed by atoms with van der Waals surface area (Å²) in [5, 5.41) is 9.36. The predicted molar refractivity (Wildman–Crippen MR) is 102 cm³/mol. The molecule has 1 amide bonds. The highest BCUT2D eigenvalue weighted by molar-refractivity contribution is 8.00. The molecule has 3 aromatic heterocycles. The van der Waals surface area contributed by atoms with Crippen molar-refractivity contribution in [1.29, 1.82) is 0 Å². The Morgan fingerprint density at radius 3 is 2.92 bits per heavy atom. The third-order valence-corrected chi connectivity index (χ3v) is 5.17. The number of aryl methyl sites for hydroxylation is 1. The molecule has 0 aliphatic carbocycles.